The number of benzene rings is 1. The summed E-state index contributed by atoms with van der Waals surface area (Å²) in [6.07, 6.45) is 10.1. The molecule has 3 heterocycles. The molecule has 2 atom stereocenters. The fraction of sp³-hybridized carbons (Fsp3) is 0.375. The second-order valence-corrected chi connectivity index (χ2v) is 8.32. The highest BCUT2D eigenvalue weighted by Gasteiger charge is 2.25. The molecule has 170 valence electrons. The quantitative estimate of drug-likeness (QED) is 0.741. The van der Waals surface area contributed by atoms with E-state index in [0.717, 1.165) is 31.0 Å². The summed E-state index contributed by atoms with van der Waals surface area (Å²) in [5.74, 6) is -0.939. The Kier molecular flexibility index (Phi) is 6.32. The van der Waals surface area contributed by atoms with Gasteiger partial charge in [0, 0.05) is 43.6 Å². The molecule has 0 radical (unpaired) electrons. The van der Waals surface area contributed by atoms with Crippen LogP contribution in [-0.2, 0) is 4.79 Å². The first kappa shape index (κ1) is 22.1. The van der Waals surface area contributed by atoms with Gasteiger partial charge < -0.3 is 20.1 Å². The molecule has 2 N–H and O–H groups in total. The van der Waals surface area contributed by atoms with Crippen LogP contribution >= 0.6 is 0 Å². The molecule has 0 saturated carbocycles. The minimum atomic E-state index is -3.05. The van der Waals surface area contributed by atoms with Crippen LogP contribution in [0.4, 0.5) is 8.78 Å². The fourth-order valence-electron chi connectivity index (χ4n) is 4.23. The molecule has 8 heteroatoms. The van der Waals surface area contributed by atoms with E-state index in [0.29, 0.717) is 23.6 Å². The highest BCUT2D eigenvalue weighted by molar-refractivity contribution is 5.98. The zero-order valence-electron chi connectivity index (χ0n) is 18.1. The van der Waals surface area contributed by atoms with Crippen LogP contribution in [-0.4, -0.2) is 53.1 Å². The number of nitrogens with zero attached hydrogens (tertiary/aromatic N) is 2. The van der Waals surface area contributed by atoms with Crippen molar-refractivity contribution in [2.24, 2.45) is 5.92 Å². The van der Waals surface area contributed by atoms with Gasteiger partial charge in [-0.25, -0.2) is 0 Å². The van der Waals surface area contributed by atoms with Crippen LogP contribution in [0.15, 0.2) is 60.1 Å². The summed E-state index contributed by atoms with van der Waals surface area (Å²) in [4.78, 5) is 17.1. The number of allylic oxidation sites excluding steroid dienone is 4. The number of halogens is 2. The van der Waals surface area contributed by atoms with Crippen molar-refractivity contribution in [1.82, 2.24) is 15.1 Å². The number of aromatic hydroxyl groups is 1. The van der Waals surface area contributed by atoms with Crippen LogP contribution in [0.3, 0.4) is 0 Å². The van der Waals surface area contributed by atoms with Crippen molar-refractivity contribution in [2.45, 2.75) is 32.9 Å². The molecule has 0 aliphatic carbocycles. The average Bonchev–Trinajstić information content (AvgIpc) is 2.76. The summed E-state index contributed by atoms with van der Waals surface area (Å²) in [7, 11) is 0. The summed E-state index contributed by atoms with van der Waals surface area (Å²) < 4.78 is 29.8. The number of hydrogen-bond donors (Lipinski definition) is 2. The van der Waals surface area contributed by atoms with Gasteiger partial charge >= 0.3 is 6.61 Å². The third-order valence-corrected chi connectivity index (χ3v) is 5.94. The molecule has 4 rings (SSSR count). The molecule has 0 spiro atoms. The van der Waals surface area contributed by atoms with Gasteiger partial charge in [-0.15, -0.1) is 0 Å². The number of rotatable bonds is 4. The van der Waals surface area contributed by atoms with E-state index in [-0.39, 0.29) is 23.3 Å². The van der Waals surface area contributed by atoms with Crippen LogP contribution in [0.2, 0.25) is 0 Å². The highest BCUT2D eigenvalue weighted by Crippen LogP contribution is 2.36. The van der Waals surface area contributed by atoms with Crippen molar-refractivity contribution in [3.8, 4) is 11.5 Å². The van der Waals surface area contributed by atoms with E-state index < -0.39 is 6.61 Å². The lowest BCUT2D eigenvalue weighted by molar-refractivity contribution is -0.122. The number of fused-ring (bicyclic) bond motifs is 1. The van der Waals surface area contributed by atoms with Crippen molar-refractivity contribution < 1.29 is 23.4 Å². The van der Waals surface area contributed by atoms with Gasteiger partial charge in [-0.1, -0.05) is 19.1 Å². The topological polar surface area (TPSA) is 65.0 Å². The molecule has 3 aliphatic heterocycles. The Morgan fingerprint density at radius 3 is 2.75 bits per heavy atom. The Bertz CT molecular complexity index is 1020. The van der Waals surface area contributed by atoms with E-state index in [2.05, 4.69) is 21.9 Å². The van der Waals surface area contributed by atoms with Gasteiger partial charge in [-0.2, -0.15) is 8.78 Å². The monoisotopic (exact) mass is 443 g/mol. The Morgan fingerprint density at radius 2 is 2.00 bits per heavy atom. The van der Waals surface area contributed by atoms with Gasteiger partial charge in [0.1, 0.15) is 0 Å². The van der Waals surface area contributed by atoms with E-state index in [1.807, 2.05) is 31.4 Å². The van der Waals surface area contributed by atoms with Gasteiger partial charge in [-0.3, -0.25) is 9.69 Å². The molecule has 1 aromatic carbocycles. The molecule has 1 aromatic rings. The Morgan fingerprint density at radius 1 is 1.22 bits per heavy atom. The van der Waals surface area contributed by atoms with Crippen molar-refractivity contribution in [1.29, 1.82) is 0 Å². The second kappa shape index (κ2) is 9.16. The summed E-state index contributed by atoms with van der Waals surface area (Å²) in [6, 6.07) is 4.63. The minimum Gasteiger partial charge on any atom is -0.504 e. The standard InChI is InChI=1S/C24H27F2N3O3/c1-15-3-5-18-6-7-19(28-10-9-27-16(2)13-28)14-29(18)23(31)12-20(15)17-4-8-21(30)22(11-17)32-24(25)26/h4-8,11-12,14-16,24,27,30H,3,9-10,13H2,1-2H3. The average molecular weight is 443 g/mol. The van der Waals surface area contributed by atoms with Gasteiger partial charge in [0.25, 0.3) is 5.91 Å². The summed E-state index contributed by atoms with van der Waals surface area (Å²) in [5, 5.41) is 13.3. The second-order valence-electron chi connectivity index (χ2n) is 8.32. The number of hydrogen-bond acceptors (Lipinski definition) is 5. The smallest absolute Gasteiger partial charge is 0.387 e. The third-order valence-electron chi connectivity index (χ3n) is 5.94. The van der Waals surface area contributed by atoms with Crippen LogP contribution in [0, 0.1) is 5.92 Å². The first-order valence-corrected chi connectivity index (χ1v) is 10.7. The molecular weight excluding hydrogens is 416 g/mol. The zero-order valence-corrected chi connectivity index (χ0v) is 18.1. The molecular formula is C24H27F2N3O3. The van der Waals surface area contributed by atoms with Crippen molar-refractivity contribution in [3.63, 3.8) is 0 Å². The van der Waals surface area contributed by atoms with E-state index in [1.54, 1.807) is 17.0 Å². The predicted octanol–water partition coefficient (Wildman–Crippen LogP) is 3.83. The van der Waals surface area contributed by atoms with Gasteiger partial charge in [0.2, 0.25) is 0 Å². The molecule has 32 heavy (non-hydrogen) atoms. The number of phenolic OH excluding ortho intramolecular Hbond substituents is 1. The molecule has 0 aromatic heterocycles. The normalized spacial score (nSPS) is 23.8. The summed E-state index contributed by atoms with van der Waals surface area (Å²) in [5.41, 5.74) is 3.05. The van der Waals surface area contributed by atoms with E-state index >= 15 is 0 Å². The molecule has 1 fully saturated rings. The number of phenols is 1. The van der Waals surface area contributed by atoms with Crippen LogP contribution in [0.1, 0.15) is 25.8 Å². The van der Waals surface area contributed by atoms with Gasteiger partial charge in [0.15, 0.2) is 11.5 Å². The van der Waals surface area contributed by atoms with E-state index in [4.69, 9.17) is 0 Å². The third kappa shape index (κ3) is 4.70. The highest BCUT2D eigenvalue weighted by atomic mass is 19.3. The summed E-state index contributed by atoms with van der Waals surface area (Å²) in [6.45, 7) is 3.65. The number of carbonyl (C=O) groups excluding carboxylic acids is 1. The molecule has 2 unspecified atom stereocenters. The van der Waals surface area contributed by atoms with Crippen molar-refractivity contribution in [2.75, 3.05) is 19.6 Å². The minimum absolute atomic E-state index is 0.0367. The molecule has 1 amide bonds. The van der Waals surface area contributed by atoms with Crippen molar-refractivity contribution in [3.05, 3.63) is 65.7 Å². The van der Waals surface area contributed by atoms with Crippen LogP contribution < -0.4 is 10.1 Å². The molecule has 0 bridgehead atoms. The SMILES string of the molecule is CC1CN(C2=CN3C(=O)C=C(c4ccc(O)c(OC(F)F)c4)C(C)CC=C3C=C2)CCN1. The van der Waals surface area contributed by atoms with E-state index in [9.17, 15) is 18.7 Å². The van der Waals surface area contributed by atoms with Crippen LogP contribution in [0.5, 0.6) is 11.5 Å². The molecule has 1 saturated heterocycles. The van der Waals surface area contributed by atoms with Gasteiger partial charge in [-0.05, 0) is 54.7 Å². The first-order valence-electron chi connectivity index (χ1n) is 10.7. The zero-order chi connectivity index (χ0) is 22.8. The van der Waals surface area contributed by atoms with Crippen molar-refractivity contribution >= 4 is 11.5 Å². The van der Waals surface area contributed by atoms with Gasteiger partial charge in [0.05, 0.1) is 5.70 Å². The lowest BCUT2D eigenvalue weighted by Crippen LogP contribution is -2.48. The Hall–Kier alpha value is -3.13. The van der Waals surface area contributed by atoms with E-state index in [1.165, 1.54) is 12.1 Å². The molecule has 6 nitrogen and oxygen atoms in total. The predicted molar refractivity (Wildman–Crippen MR) is 118 cm³/mol. The van der Waals surface area contributed by atoms with Crippen LogP contribution in [0.25, 0.3) is 5.57 Å². The number of carbonyl (C=O) groups is 1. The Labute approximate surface area is 186 Å². The Balaban J connectivity index is 1.64. The number of ether oxygens (including phenoxy) is 1. The maximum atomic E-state index is 13.3. The lowest BCUT2D eigenvalue weighted by atomic mass is 9.89. The lowest BCUT2D eigenvalue weighted by Gasteiger charge is -2.36. The maximum absolute atomic E-state index is 13.3. The summed E-state index contributed by atoms with van der Waals surface area (Å²) >= 11 is 0. The number of amides is 1. The number of nitrogens with one attached hydrogen (secondary N) is 1. The first-order chi connectivity index (χ1) is 15.3. The molecule has 3 aliphatic rings. The fourth-order valence-corrected chi connectivity index (χ4v) is 4.23. The number of alkyl halides is 2. The maximum Gasteiger partial charge on any atom is 0.387 e. The largest absolute Gasteiger partial charge is 0.504 e. The number of piperazine rings is 1.